The van der Waals surface area contributed by atoms with Gasteiger partial charge in [-0.3, -0.25) is 34.6 Å². The normalized spacial score (nSPS) is 9.97. The molecule has 0 aliphatic carbocycles. The van der Waals surface area contributed by atoms with Gasteiger partial charge in [0.1, 0.15) is 22.8 Å². The zero-order chi connectivity index (χ0) is 48.4. The minimum atomic E-state index is -1.16. The first kappa shape index (κ1) is 55.0. The van der Waals surface area contributed by atoms with Crippen molar-refractivity contribution in [2.24, 2.45) is 0 Å². The quantitative estimate of drug-likeness (QED) is 0.0105. The van der Waals surface area contributed by atoms with Crippen LogP contribution in [0.4, 0.5) is 50.4 Å². The Labute approximate surface area is 364 Å². The molecule has 4 aromatic carbocycles. The topological polar surface area (TPSA) is 295 Å². The molecule has 0 saturated heterocycles. The van der Waals surface area contributed by atoms with Crippen LogP contribution in [0.5, 0.6) is 0 Å². The van der Waals surface area contributed by atoms with Crippen LogP contribution in [-0.2, 0) is 20.9 Å². The van der Waals surface area contributed by atoms with Gasteiger partial charge in [0, 0.05) is 39.5 Å². The number of carbonyl (C=O) groups is 2. The van der Waals surface area contributed by atoms with Crippen molar-refractivity contribution in [2.75, 3.05) is 55.9 Å². The van der Waals surface area contributed by atoms with Gasteiger partial charge in [0.05, 0.1) is 33.3 Å². The second-order valence-electron chi connectivity index (χ2n) is 12.0. The third-order valence-corrected chi connectivity index (χ3v) is 7.73. The number of hydrogen-bond donors (Lipinski definition) is 7. The molecule has 25 heteroatoms. The fraction of sp³-hybridized carbons (Fsp3) is 0.282. The number of hydrogen-bond acceptors (Lipinski definition) is 15. The molecule has 1 aromatic heterocycles. The summed E-state index contributed by atoms with van der Waals surface area (Å²) < 4.78 is 69.6. The van der Waals surface area contributed by atoms with Gasteiger partial charge >= 0.3 is 33.7 Å². The van der Waals surface area contributed by atoms with Gasteiger partial charge in [-0.15, -0.1) is 0 Å². The average molecular weight is 932 g/mol. The van der Waals surface area contributed by atoms with Gasteiger partial charge in [-0.05, 0) is 86.3 Å². The van der Waals surface area contributed by atoms with E-state index in [2.05, 4.69) is 20.4 Å². The molecule has 0 atom stereocenters. The largest absolute Gasteiger partial charge is 0.459 e. The van der Waals surface area contributed by atoms with Crippen LogP contribution in [-0.4, -0.2) is 85.4 Å². The lowest BCUT2D eigenvalue weighted by Gasteiger charge is -2.08. The van der Waals surface area contributed by atoms with Gasteiger partial charge in [0.2, 0.25) is 17.5 Å². The molecule has 8 N–H and O–H groups in total. The number of para-hydroxylation sites is 4. The van der Waals surface area contributed by atoms with Gasteiger partial charge in [-0.1, -0.05) is 24.3 Å². The molecule has 19 nitrogen and oxygen atoms in total. The second kappa shape index (κ2) is 29.3. The molecular formula is C39H43ClF5N7O12. The van der Waals surface area contributed by atoms with Crippen LogP contribution >= 0.6 is 11.6 Å². The fourth-order valence-electron chi connectivity index (χ4n) is 4.70. The van der Waals surface area contributed by atoms with Crippen molar-refractivity contribution in [3.05, 3.63) is 143 Å². The molecule has 0 spiro atoms. The van der Waals surface area contributed by atoms with Crippen molar-refractivity contribution in [3.63, 3.8) is 0 Å². The number of benzene rings is 4. The number of nitro benzene ring substituents is 2. The monoisotopic (exact) mass is 931 g/mol. The highest BCUT2D eigenvalue weighted by atomic mass is 35.5. The van der Waals surface area contributed by atoms with Gasteiger partial charge in [0.15, 0.2) is 0 Å². The Kier molecular flexibility index (Phi) is 25.2. The molecule has 0 saturated carbocycles. The number of nitrogen functional groups attached to an aromatic ring is 1. The minimum Gasteiger partial charge on any atom is -0.459 e. The lowest BCUT2D eigenvalue weighted by molar-refractivity contribution is -0.390. The maximum absolute atomic E-state index is 13.5. The highest BCUT2D eigenvalue weighted by Gasteiger charge is 2.20. The number of aromatic amines is 1. The summed E-state index contributed by atoms with van der Waals surface area (Å²) in [7, 11) is 0. The number of halogens is 6. The van der Waals surface area contributed by atoms with Crippen molar-refractivity contribution in [1.29, 1.82) is 0 Å². The number of nitrogens with zero attached hydrogens (tertiary/aromatic N) is 3. The SMILES string of the molecule is CCOC(=O)C(=O)Cl.Nc1c(F)cccc1NCCCO.O=[N+]([O-])c1c(F)cccc1F.O=[N+]([O-])c1c(F)cccc1NCCCO.O=c1[nH]c2c(F)cccc2n(CCCO)c1=O. The smallest absolute Gasteiger partial charge is 0.391 e. The van der Waals surface area contributed by atoms with Crippen LogP contribution in [0, 0.1) is 49.3 Å². The number of rotatable bonds is 15. The van der Waals surface area contributed by atoms with E-state index in [-0.39, 0.29) is 49.9 Å². The van der Waals surface area contributed by atoms with Crippen molar-refractivity contribution < 1.29 is 61.4 Å². The van der Waals surface area contributed by atoms with E-state index >= 15 is 0 Å². The van der Waals surface area contributed by atoms with Gasteiger partial charge in [-0.25, -0.2) is 13.6 Å². The molecule has 0 aliphatic rings. The van der Waals surface area contributed by atoms with E-state index in [1.807, 2.05) is 0 Å². The van der Waals surface area contributed by atoms with Crippen LogP contribution in [0.15, 0.2) is 82.4 Å². The summed E-state index contributed by atoms with van der Waals surface area (Å²) in [6.45, 7) is 2.90. The molecule has 5 aromatic rings. The molecule has 1 heterocycles. The fourth-order valence-corrected chi connectivity index (χ4v) is 4.76. The number of carbonyl (C=O) groups excluding carboxylic acids is 2. The third kappa shape index (κ3) is 18.1. The van der Waals surface area contributed by atoms with E-state index in [9.17, 15) is 61.4 Å². The molecule has 0 unspecified atom stereocenters. The third-order valence-electron chi connectivity index (χ3n) is 7.58. The molecule has 0 fully saturated rings. The van der Waals surface area contributed by atoms with Crippen molar-refractivity contribution >= 4 is 62.3 Å². The Hall–Kier alpha value is -7.02. The number of ether oxygens (including phenoxy) is 1. The summed E-state index contributed by atoms with van der Waals surface area (Å²) in [6.07, 6.45) is 1.40. The zero-order valence-corrected chi connectivity index (χ0v) is 34.5. The summed E-state index contributed by atoms with van der Waals surface area (Å²) in [6, 6.07) is 15.4. The molecular weight excluding hydrogens is 889 g/mol. The summed E-state index contributed by atoms with van der Waals surface area (Å²) in [4.78, 5) is 63.7. The first-order valence-corrected chi connectivity index (χ1v) is 18.9. The van der Waals surface area contributed by atoms with E-state index in [4.69, 9.17) is 32.7 Å². The number of aromatic nitrogens is 2. The zero-order valence-electron chi connectivity index (χ0n) is 33.7. The Morgan fingerprint density at radius 3 is 1.66 bits per heavy atom. The van der Waals surface area contributed by atoms with Gasteiger partial charge < -0.3 is 46.0 Å². The number of nitrogens with two attached hydrogens (primary N) is 1. The Morgan fingerprint density at radius 1 is 0.734 bits per heavy atom. The molecule has 348 valence electrons. The van der Waals surface area contributed by atoms with Crippen molar-refractivity contribution in [3.8, 4) is 0 Å². The number of H-pyrrole nitrogens is 1. The van der Waals surface area contributed by atoms with E-state index in [0.29, 0.717) is 43.6 Å². The second-order valence-corrected chi connectivity index (χ2v) is 12.4. The summed E-state index contributed by atoms with van der Waals surface area (Å²) in [5, 5.41) is 50.9. The minimum absolute atomic E-state index is 0.00930. The number of aliphatic hydroxyl groups excluding tert-OH is 3. The molecule has 0 bridgehead atoms. The number of nitrogens with one attached hydrogen (secondary N) is 3. The van der Waals surface area contributed by atoms with E-state index in [0.717, 1.165) is 24.3 Å². The predicted molar refractivity (Wildman–Crippen MR) is 225 cm³/mol. The molecule has 0 aliphatic heterocycles. The summed E-state index contributed by atoms with van der Waals surface area (Å²) in [5.41, 5.74) is 3.37. The van der Waals surface area contributed by atoms with E-state index in [1.165, 1.54) is 34.9 Å². The Balaban J connectivity index is 0.000000408. The van der Waals surface area contributed by atoms with Crippen LogP contribution in [0.2, 0.25) is 0 Å². The summed E-state index contributed by atoms with van der Waals surface area (Å²) >= 11 is 4.69. The van der Waals surface area contributed by atoms with Crippen molar-refractivity contribution in [1.82, 2.24) is 9.55 Å². The van der Waals surface area contributed by atoms with Gasteiger partial charge in [-0.2, -0.15) is 13.2 Å². The number of esters is 1. The maximum atomic E-state index is 13.5. The lowest BCUT2D eigenvalue weighted by Crippen LogP contribution is -2.36. The lowest BCUT2D eigenvalue weighted by atomic mass is 10.2. The Bertz CT molecular complexity index is 2420. The van der Waals surface area contributed by atoms with E-state index < -0.39 is 72.6 Å². The number of anilines is 3. The first-order chi connectivity index (χ1) is 30.4. The average Bonchev–Trinajstić information content (AvgIpc) is 3.24. The molecule has 5 rings (SSSR count). The molecule has 0 amide bonds. The highest BCUT2D eigenvalue weighted by Crippen LogP contribution is 2.27. The predicted octanol–water partition coefficient (Wildman–Crippen LogP) is 5.13. The number of aliphatic hydroxyl groups is 3. The highest BCUT2D eigenvalue weighted by molar-refractivity contribution is 6.80. The van der Waals surface area contributed by atoms with E-state index in [1.54, 1.807) is 25.1 Å². The number of aryl methyl sites for hydroxylation is 1. The first-order valence-electron chi connectivity index (χ1n) is 18.5. The van der Waals surface area contributed by atoms with Gasteiger partial charge in [0.25, 0.3) is 0 Å². The molecule has 0 radical (unpaired) electrons. The van der Waals surface area contributed by atoms with Crippen LogP contribution in [0.25, 0.3) is 11.0 Å². The summed E-state index contributed by atoms with van der Waals surface area (Å²) in [5.74, 6) is -5.18. The maximum Gasteiger partial charge on any atom is 0.391 e. The van der Waals surface area contributed by atoms with Crippen LogP contribution in [0.3, 0.4) is 0 Å². The van der Waals surface area contributed by atoms with Crippen LogP contribution < -0.4 is 27.5 Å². The number of nitro groups is 2. The van der Waals surface area contributed by atoms with Crippen molar-refractivity contribution in [2.45, 2.75) is 32.7 Å². The standard InChI is InChI=1S/C11H11FN2O3.C9H11FN2O3.C9H13FN2O.C6H3F2NO2.C4H5ClO3/c12-7-3-1-4-8-9(7)13-10(16)11(17)14(8)5-2-6-15;10-7-3-1-4-8(9(7)12(14)15)11-5-2-6-13;10-7-3-1-4-8(9(7)11)12-5-2-6-13;7-4-2-1-3-5(8)6(4)9(10)11;1-2-8-4(7)3(5)6/h1,3-4,15H,2,5-6H2,(H,13,16);1,3-4,11,13H,2,5-6H2;1,3-4,12-13H,2,5-6,11H2;1-3H;2H2,1H3. The molecule has 64 heavy (non-hydrogen) atoms. The Morgan fingerprint density at radius 2 is 1.19 bits per heavy atom. The number of fused-ring (bicyclic) bond motifs is 1. The van der Waals surface area contributed by atoms with Crippen LogP contribution in [0.1, 0.15) is 26.2 Å².